The first-order valence-corrected chi connectivity index (χ1v) is 9.54. The Morgan fingerprint density at radius 2 is 2.00 bits per heavy atom. The van der Waals surface area contributed by atoms with Crippen LogP contribution in [0.3, 0.4) is 0 Å². The minimum absolute atomic E-state index is 0.315. The normalized spacial score (nSPS) is 21.6. The van der Waals surface area contributed by atoms with Crippen LogP contribution in [0.2, 0.25) is 0 Å². The van der Waals surface area contributed by atoms with Gasteiger partial charge in [0.25, 0.3) is 0 Å². The number of ether oxygens (including phenoxy) is 2. The molecule has 1 saturated heterocycles. The smallest absolute Gasteiger partial charge is 0.231 e. The number of anilines is 1. The van der Waals surface area contributed by atoms with Gasteiger partial charge in [-0.2, -0.15) is 0 Å². The molecule has 0 spiro atoms. The molecule has 1 N–H and O–H groups in total. The van der Waals surface area contributed by atoms with E-state index in [0.717, 1.165) is 37.0 Å². The molecule has 1 aromatic heterocycles. The van der Waals surface area contributed by atoms with Crippen molar-refractivity contribution in [2.75, 3.05) is 24.8 Å². The second-order valence-corrected chi connectivity index (χ2v) is 7.39. The lowest BCUT2D eigenvalue weighted by Crippen LogP contribution is -2.30. The summed E-state index contributed by atoms with van der Waals surface area (Å²) in [7, 11) is 0. The third kappa shape index (κ3) is 3.21. The number of hydrogen-bond donors (Lipinski definition) is 1. The molecule has 2 aromatic rings. The predicted octanol–water partition coefficient (Wildman–Crippen LogP) is 2.84. The number of piperidine rings is 1. The van der Waals surface area contributed by atoms with Crippen molar-refractivity contribution in [1.82, 2.24) is 15.3 Å². The first-order valence-electron chi connectivity index (χ1n) is 9.54. The number of rotatable bonds is 5. The highest BCUT2D eigenvalue weighted by Gasteiger charge is 2.31. The standard InChI is InChI=1S/C20H24N4O2/c1-2-15(10-21-7-1)17-9-20(23-12-22-17)24(16-4-5-16)11-14-3-6-18-19(8-14)26-13-25-18/h3,6,8-9,12,15-16,21H,1-2,4-5,7,10-11,13H2/t15-/m0/s1. The number of aromatic nitrogens is 2. The van der Waals surface area contributed by atoms with Gasteiger partial charge in [0.2, 0.25) is 6.79 Å². The van der Waals surface area contributed by atoms with Gasteiger partial charge in [0, 0.05) is 31.1 Å². The molecule has 1 saturated carbocycles. The minimum atomic E-state index is 0.315. The van der Waals surface area contributed by atoms with Crippen molar-refractivity contribution in [2.24, 2.45) is 0 Å². The maximum Gasteiger partial charge on any atom is 0.231 e. The Kier molecular flexibility index (Phi) is 4.13. The average molecular weight is 352 g/mol. The summed E-state index contributed by atoms with van der Waals surface area (Å²) in [6.45, 7) is 3.28. The van der Waals surface area contributed by atoms with Crippen LogP contribution in [0.4, 0.5) is 5.82 Å². The molecule has 0 unspecified atom stereocenters. The molecule has 2 fully saturated rings. The van der Waals surface area contributed by atoms with Gasteiger partial charge in [0.05, 0.1) is 5.69 Å². The SMILES string of the molecule is c1nc([C@H]2CCCNC2)cc(N(Cc2ccc3c(c2)OCO3)C2CC2)n1. The Morgan fingerprint density at radius 3 is 2.85 bits per heavy atom. The Labute approximate surface area is 153 Å². The van der Waals surface area contributed by atoms with Gasteiger partial charge in [-0.25, -0.2) is 9.97 Å². The van der Waals surface area contributed by atoms with Crippen LogP contribution in [0, 0.1) is 0 Å². The highest BCUT2D eigenvalue weighted by Crippen LogP contribution is 2.36. The summed E-state index contributed by atoms with van der Waals surface area (Å²) in [5.41, 5.74) is 2.39. The van der Waals surface area contributed by atoms with E-state index in [-0.39, 0.29) is 0 Å². The van der Waals surface area contributed by atoms with E-state index >= 15 is 0 Å². The lowest BCUT2D eigenvalue weighted by molar-refractivity contribution is 0.174. The summed E-state index contributed by atoms with van der Waals surface area (Å²) in [5.74, 6) is 3.22. The Hall–Kier alpha value is -2.34. The number of hydrogen-bond acceptors (Lipinski definition) is 6. The second-order valence-electron chi connectivity index (χ2n) is 7.39. The zero-order chi connectivity index (χ0) is 17.3. The van der Waals surface area contributed by atoms with E-state index in [0.29, 0.717) is 18.8 Å². The molecular weight excluding hydrogens is 328 g/mol. The van der Waals surface area contributed by atoms with Gasteiger partial charge in [-0.15, -0.1) is 0 Å². The molecule has 0 bridgehead atoms. The highest BCUT2D eigenvalue weighted by molar-refractivity contribution is 5.48. The highest BCUT2D eigenvalue weighted by atomic mass is 16.7. The van der Waals surface area contributed by atoms with Crippen LogP contribution < -0.4 is 19.7 Å². The lowest BCUT2D eigenvalue weighted by Gasteiger charge is -2.26. The first-order chi connectivity index (χ1) is 12.9. The molecule has 136 valence electrons. The Bertz CT molecular complexity index is 787. The van der Waals surface area contributed by atoms with Crippen molar-refractivity contribution in [3.8, 4) is 11.5 Å². The zero-order valence-corrected chi connectivity index (χ0v) is 14.9. The van der Waals surface area contributed by atoms with E-state index in [1.807, 2.05) is 6.07 Å². The van der Waals surface area contributed by atoms with Crippen molar-refractivity contribution in [3.05, 3.63) is 41.9 Å². The topological polar surface area (TPSA) is 59.5 Å². The monoisotopic (exact) mass is 352 g/mol. The number of nitrogens with one attached hydrogen (secondary N) is 1. The van der Waals surface area contributed by atoms with E-state index in [1.165, 1.54) is 36.9 Å². The van der Waals surface area contributed by atoms with Crippen LogP contribution in [0.1, 0.15) is 42.9 Å². The van der Waals surface area contributed by atoms with Gasteiger partial charge in [-0.05, 0) is 49.9 Å². The van der Waals surface area contributed by atoms with Gasteiger partial charge in [-0.3, -0.25) is 0 Å². The molecule has 0 amide bonds. The second kappa shape index (κ2) is 6.76. The number of benzene rings is 1. The maximum atomic E-state index is 5.53. The van der Waals surface area contributed by atoms with Gasteiger partial charge >= 0.3 is 0 Å². The van der Waals surface area contributed by atoms with Crippen molar-refractivity contribution in [1.29, 1.82) is 0 Å². The van der Waals surface area contributed by atoms with E-state index in [2.05, 4.69) is 38.4 Å². The van der Waals surface area contributed by atoms with Crippen molar-refractivity contribution >= 4 is 5.82 Å². The van der Waals surface area contributed by atoms with Crippen LogP contribution >= 0.6 is 0 Å². The lowest BCUT2D eigenvalue weighted by atomic mass is 9.96. The summed E-state index contributed by atoms with van der Waals surface area (Å²) >= 11 is 0. The fraction of sp³-hybridized carbons (Fsp3) is 0.500. The number of nitrogens with zero attached hydrogens (tertiary/aromatic N) is 3. The molecule has 3 heterocycles. The fourth-order valence-electron chi connectivity index (χ4n) is 3.87. The third-order valence-electron chi connectivity index (χ3n) is 5.46. The van der Waals surface area contributed by atoms with Gasteiger partial charge in [0.15, 0.2) is 11.5 Å². The Balaban J connectivity index is 1.39. The summed E-state index contributed by atoms with van der Waals surface area (Å²) < 4.78 is 11.0. The van der Waals surface area contributed by atoms with Crippen LogP contribution in [0.5, 0.6) is 11.5 Å². The van der Waals surface area contributed by atoms with E-state index in [4.69, 9.17) is 9.47 Å². The molecule has 1 aromatic carbocycles. The van der Waals surface area contributed by atoms with Crippen LogP contribution in [-0.4, -0.2) is 35.9 Å². The molecule has 26 heavy (non-hydrogen) atoms. The molecule has 3 aliphatic rings. The van der Waals surface area contributed by atoms with Gasteiger partial charge < -0.3 is 19.7 Å². The third-order valence-corrected chi connectivity index (χ3v) is 5.46. The Morgan fingerprint density at radius 1 is 1.08 bits per heavy atom. The summed E-state index contributed by atoms with van der Waals surface area (Å²) in [6, 6.07) is 8.98. The molecule has 2 aliphatic heterocycles. The molecule has 0 radical (unpaired) electrons. The first kappa shape index (κ1) is 15.9. The van der Waals surface area contributed by atoms with Crippen molar-refractivity contribution in [2.45, 2.75) is 44.2 Å². The van der Waals surface area contributed by atoms with Gasteiger partial charge in [-0.1, -0.05) is 6.07 Å². The average Bonchev–Trinajstić information content (AvgIpc) is 3.43. The van der Waals surface area contributed by atoms with Crippen molar-refractivity contribution in [3.63, 3.8) is 0 Å². The maximum absolute atomic E-state index is 5.53. The molecule has 6 nitrogen and oxygen atoms in total. The van der Waals surface area contributed by atoms with E-state index in [9.17, 15) is 0 Å². The molecule has 5 rings (SSSR count). The van der Waals surface area contributed by atoms with Gasteiger partial charge in [0.1, 0.15) is 12.1 Å². The van der Waals surface area contributed by atoms with Crippen LogP contribution in [0.25, 0.3) is 0 Å². The summed E-state index contributed by atoms with van der Waals surface area (Å²) in [5, 5.41) is 3.48. The van der Waals surface area contributed by atoms with Crippen LogP contribution in [0.15, 0.2) is 30.6 Å². The summed E-state index contributed by atoms with van der Waals surface area (Å²) in [4.78, 5) is 11.6. The molecular formula is C20H24N4O2. The van der Waals surface area contributed by atoms with Crippen molar-refractivity contribution < 1.29 is 9.47 Å². The summed E-state index contributed by atoms with van der Waals surface area (Å²) in [6.07, 6.45) is 6.61. The predicted molar refractivity (Wildman–Crippen MR) is 98.6 cm³/mol. The largest absolute Gasteiger partial charge is 0.454 e. The van der Waals surface area contributed by atoms with Crippen LogP contribution in [-0.2, 0) is 6.54 Å². The quantitative estimate of drug-likeness (QED) is 0.893. The zero-order valence-electron chi connectivity index (χ0n) is 14.9. The minimum Gasteiger partial charge on any atom is -0.454 e. The fourth-order valence-corrected chi connectivity index (χ4v) is 3.87. The van der Waals surface area contributed by atoms with E-state index in [1.54, 1.807) is 6.33 Å². The van der Waals surface area contributed by atoms with E-state index < -0.39 is 0 Å². The molecule has 1 atom stereocenters. The molecule has 6 heteroatoms. The molecule has 1 aliphatic carbocycles. The number of fused-ring (bicyclic) bond motifs is 1.